The van der Waals surface area contributed by atoms with E-state index in [4.69, 9.17) is 0 Å². The second-order valence-electron chi connectivity index (χ2n) is 6.62. The number of carbonyl (C=O) groups is 2. The van der Waals surface area contributed by atoms with Gasteiger partial charge in [-0.15, -0.1) is 0 Å². The summed E-state index contributed by atoms with van der Waals surface area (Å²) in [4.78, 5) is 23.7. The smallest absolute Gasteiger partial charge is 0.251 e. The third kappa shape index (κ3) is 4.26. The van der Waals surface area contributed by atoms with Crippen molar-refractivity contribution in [2.45, 2.75) is 52.0 Å². The molecular formula is C19H24N4O2. The molecule has 2 aromatic rings. The summed E-state index contributed by atoms with van der Waals surface area (Å²) in [5.41, 5.74) is 2.24. The Morgan fingerprint density at radius 3 is 2.44 bits per heavy atom. The van der Waals surface area contributed by atoms with Crippen molar-refractivity contribution in [3.05, 3.63) is 41.6 Å². The van der Waals surface area contributed by atoms with Crippen molar-refractivity contribution in [2.24, 2.45) is 0 Å². The maximum absolute atomic E-state index is 12.4. The highest BCUT2D eigenvalue weighted by atomic mass is 16.2. The Morgan fingerprint density at radius 2 is 1.80 bits per heavy atom. The van der Waals surface area contributed by atoms with Gasteiger partial charge in [0.15, 0.2) is 0 Å². The molecule has 0 atom stereocenters. The predicted molar refractivity (Wildman–Crippen MR) is 96.9 cm³/mol. The molecule has 1 aromatic heterocycles. The summed E-state index contributed by atoms with van der Waals surface area (Å²) in [6.07, 6.45) is 5.77. The van der Waals surface area contributed by atoms with Crippen LogP contribution in [-0.4, -0.2) is 27.6 Å². The monoisotopic (exact) mass is 340 g/mol. The molecule has 6 nitrogen and oxygen atoms in total. The molecule has 2 amide bonds. The summed E-state index contributed by atoms with van der Waals surface area (Å²) in [6, 6.07) is 9.37. The van der Waals surface area contributed by atoms with E-state index in [1.165, 1.54) is 26.2 Å². The van der Waals surface area contributed by atoms with Gasteiger partial charge in [-0.25, -0.2) is 4.68 Å². The van der Waals surface area contributed by atoms with Crippen molar-refractivity contribution >= 4 is 17.6 Å². The van der Waals surface area contributed by atoms with Crippen LogP contribution in [0.1, 0.15) is 55.1 Å². The molecule has 0 saturated heterocycles. The average molecular weight is 340 g/mol. The van der Waals surface area contributed by atoms with Crippen LogP contribution in [0.2, 0.25) is 0 Å². The van der Waals surface area contributed by atoms with Crippen LogP contribution in [0.3, 0.4) is 0 Å². The minimum atomic E-state index is -0.148. The Hall–Kier alpha value is -2.63. The molecule has 0 aliphatic heterocycles. The Morgan fingerprint density at radius 1 is 1.12 bits per heavy atom. The highest BCUT2D eigenvalue weighted by Gasteiger charge is 2.17. The second kappa shape index (κ2) is 7.51. The fourth-order valence-electron chi connectivity index (χ4n) is 3.24. The second-order valence-corrected chi connectivity index (χ2v) is 6.62. The van der Waals surface area contributed by atoms with Crippen molar-refractivity contribution in [2.75, 3.05) is 5.32 Å². The number of aryl methyl sites for hydroxylation is 1. The van der Waals surface area contributed by atoms with Gasteiger partial charge in [-0.05, 0) is 44.0 Å². The highest BCUT2D eigenvalue weighted by molar-refractivity contribution is 5.94. The molecule has 0 radical (unpaired) electrons. The molecule has 1 aliphatic rings. The number of rotatable bonds is 4. The van der Waals surface area contributed by atoms with Gasteiger partial charge >= 0.3 is 0 Å². The Kier molecular flexibility index (Phi) is 5.16. The fourth-order valence-corrected chi connectivity index (χ4v) is 3.24. The summed E-state index contributed by atoms with van der Waals surface area (Å²) in [5.74, 6) is 0.436. The predicted octanol–water partition coefficient (Wildman–Crippen LogP) is 3.20. The quantitative estimate of drug-likeness (QED) is 0.897. The Labute approximate surface area is 147 Å². The summed E-state index contributed by atoms with van der Waals surface area (Å²) in [5, 5.41) is 10.3. The molecule has 0 spiro atoms. The molecule has 25 heavy (non-hydrogen) atoms. The maximum Gasteiger partial charge on any atom is 0.251 e. The molecule has 2 N–H and O–H groups in total. The number of anilines is 1. The van der Waals surface area contributed by atoms with Crippen LogP contribution in [0.4, 0.5) is 5.82 Å². The van der Waals surface area contributed by atoms with E-state index in [2.05, 4.69) is 15.7 Å². The molecule has 1 aliphatic carbocycles. The van der Waals surface area contributed by atoms with E-state index in [9.17, 15) is 9.59 Å². The zero-order valence-electron chi connectivity index (χ0n) is 14.7. The number of hydrogen-bond acceptors (Lipinski definition) is 3. The molecular weight excluding hydrogens is 316 g/mol. The third-order valence-corrected chi connectivity index (χ3v) is 4.45. The molecule has 132 valence electrons. The van der Waals surface area contributed by atoms with E-state index >= 15 is 0 Å². The van der Waals surface area contributed by atoms with Gasteiger partial charge in [0.1, 0.15) is 5.82 Å². The minimum Gasteiger partial charge on any atom is -0.349 e. The zero-order chi connectivity index (χ0) is 17.8. The number of nitrogens with one attached hydrogen (secondary N) is 2. The Bertz CT molecular complexity index is 758. The van der Waals surface area contributed by atoms with Crippen molar-refractivity contribution in [1.82, 2.24) is 15.1 Å². The SMILES string of the molecule is CC(=O)Nc1cc(C)nn1-c1ccc(C(=O)NC2CCCCC2)cc1. The fraction of sp³-hybridized carbons (Fsp3) is 0.421. The molecule has 0 unspecified atom stereocenters. The van der Waals surface area contributed by atoms with E-state index in [1.54, 1.807) is 16.8 Å². The standard InChI is InChI=1S/C19H24N4O2/c1-13-12-18(20-14(2)24)23(22-13)17-10-8-15(9-11-17)19(25)21-16-6-4-3-5-7-16/h8-12,16H,3-7H2,1-2H3,(H,20,24)(H,21,25). The molecule has 6 heteroatoms. The molecule has 1 fully saturated rings. The van der Waals surface area contributed by atoms with E-state index in [0.717, 1.165) is 24.2 Å². The first-order valence-electron chi connectivity index (χ1n) is 8.78. The van der Waals surface area contributed by atoms with Crippen LogP contribution in [0.15, 0.2) is 30.3 Å². The van der Waals surface area contributed by atoms with Gasteiger partial charge < -0.3 is 10.6 Å². The maximum atomic E-state index is 12.4. The third-order valence-electron chi connectivity index (χ3n) is 4.45. The van der Waals surface area contributed by atoms with Crippen molar-refractivity contribution < 1.29 is 9.59 Å². The van der Waals surface area contributed by atoms with Crippen LogP contribution in [0.25, 0.3) is 5.69 Å². The lowest BCUT2D eigenvalue weighted by Crippen LogP contribution is -2.36. The van der Waals surface area contributed by atoms with Crippen LogP contribution in [0.5, 0.6) is 0 Å². The van der Waals surface area contributed by atoms with Gasteiger partial charge in [0.2, 0.25) is 5.91 Å². The molecule has 0 bridgehead atoms. The summed E-state index contributed by atoms with van der Waals surface area (Å²) in [7, 11) is 0. The van der Waals surface area contributed by atoms with Crippen LogP contribution in [-0.2, 0) is 4.79 Å². The number of amides is 2. The van der Waals surface area contributed by atoms with Crippen LogP contribution >= 0.6 is 0 Å². The minimum absolute atomic E-state index is 0.0304. The van der Waals surface area contributed by atoms with Gasteiger partial charge in [-0.2, -0.15) is 5.10 Å². The summed E-state index contributed by atoms with van der Waals surface area (Å²) < 4.78 is 1.67. The Balaban J connectivity index is 1.73. The van der Waals surface area contributed by atoms with Crippen molar-refractivity contribution in [3.8, 4) is 5.69 Å². The number of aromatic nitrogens is 2. The van der Waals surface area contributed by atoms with E-state index in [-0.39, 0.29) is 11.8 Å². The number of benzene rings is 1. The number of nitrogens with zero attached hydrogens (tertiary/aromatic N) is 2. The summed E-state index contributed by atoms with van der Waals surface area (Å²) in [6.45, 7) is 3.33. The lowest BCUT2D eigenvalue weighted by Gasteiger charge is -2.22. The van der Waals surface area contributed by atoms with E-state index in [0.29, 0.717) is 17.4 Å². The molecule has 3 rings (SSSR count). The first-order valence-corrected chi connectivity index (χ1v) is 8.78. The molecule has 1 aromatic carbocycles. The summed E-state index contributed by atoms with van der Waals surface area (Å²) >= 11 is 0. The van der Waals surface area contributed by atoms with Crippen molar-refractivity contribution in [1.29, 1.82) is 0 Å². The molecule has 1 saturated carbocycles. The van der Waals surface area contributed by atoms with E-state index < -0.39 is 0 Å². The van der Waals surface area contributed by atoms with Gasteiger partial charge in [0.05, 0.1) is 11.4 Å². The van der Waals surface area contributed by atoms with Crippen molar-refractivity contribution in [3.63, 3.8) is 0 Å². The van der Waals surface area contributed by atoms with Gasteiger partial charge in [0, 0.05) is 24.6 Å². The first kappa shape index (κ1) is 17.2. The van der Waals surface area contributed by atoms with Gasteiger partial charge in [-0.3, -0.25) is 9.59 Å². The number of carbonyl (C=O) groups excluding carboxylic acids is 2. The first-order chi connectivity index (χ1) is 12.0. The van der Waals surface area contributed by atoms with E-state index in [1.807, 2.05) is 25.1 Å². The lowest BCUT2D eigenvalue weighted by molar-refractivity contribution is -0.114. The van der Waals surface area contributed by atoms with Crippen LogP contribution < -0.4 is 10.6 Å². The topological polar surface area (TPSA) is 76.0 Å². The zero-order valence-corrected chi connectivity index (χ0v) is 14.7. The number of hydrogen-bond donors (Lipinski definition) is 2. The average Bonchev–Trinajstić information content (AvgIpc) is 2.95. The molecule has 1 heterocycles. The van der Waals surface area contributed by atoms with Gasteiger partial charge in [-0.1, -0.05) is 19.3 Å². The normalized spacial score (nSPS) is 15.0. The largest absolute Gasteiger partial charge is 0.349 e. The van der Waals surface area contributed by atoms with Gasteiger partial charge in [0.25, 0.3) is 5.91 Å². The lowest BCUT2D eigenvalue weighted by atomic mass is 9.95. The van der Waals surface area contributed by atoms with Crippen LogP contribution in [0, 0.1) is 6.92 Å². The highest BCUT2D eigenvalue weighted by Crippen LogP contribution is 2.20.